The molecule has 64 heavy (non-hydrogen) atoms. The maximum atomic E-state index is 11.8. The maximum absolute atomic E-state index is 11.8. The average Bonchev–Trinajstić information content (AvgIpc) is 3.72. The molecule has 5 saturated heterocycles. The smallest absolute Gasteiger partial charge is 0.187 e. The van der Waals surface area contributed by atoms with E-state index >= 15 is 0 Å². The van der Waals surface area contributed by atoms with Gasteiger partial charge in [0.2, 0.25) is 0 Å². The average molecular weight is 919 g/mol. The van der Waals surface area contributed by atoms with Crippen LogP contribution < -0.4 is 0 Å². The first-order valence-corrected chi connectivity index (χ1v) is 23.9. The molecule has 0 unspecified atom stereocenters. The highest BCUT2D eigenvalue weighted by molar-refractivity contribution is 5.16. The molecule has 0 amide bonds. The summed E-state index contributed by atoms with van der Waals surface area (Å²) in [5.74, 6) is 2.57. The predicted molar refractivity (Wildman–Crippen MR) is 217 cm³/mol. The van der Waals surface area contributed by atoms with Crippen LogP contribution >= 0.6 is 0 Å². The van der Waals surface area contributed by atoms with Crippen LogP contribution in [0.3, 0.4) is 0 Å². The van der Waals surface area contributed by atoms with Crippen molar-refractivity contribution in [3.8, 4) is 0 Å². The number of aliphatic hydroxyl groups excluding tert-OH is 11. The molecule has 4 aliphatic carbocycles. The molecule has 0 radical (unpaired) electrons. The van der Waals surface area contributed by atoms with Gasteiger partial charge in [-0.3, -0.25) is 0 Å². The minimum absolute atomic E-state index is 0.144. The molecule has 9 aliphatic rings. The van der Waals surface area contributed by atoms with E-state index in [4.69, 9.17) is 37.9 Å². The van der Waals surface area contributed by atoms with Crippen molar-refractivity contribution in [1.29, 1.82) is 0 Å². The molecule has 0 aromatic carbocycles. The molecule has 0 aromatic heterocycles. The van der Waals surface area contributed by atoms with Gasteiger partial charge in [-0.2, -0.15) is 0 Å². The van der Waals surface area contributed by atoms with Gasteiger partial charge >= 0.3 is 0 Å². The highest BCUT2D eigenvalue weighted by atomic mass is 16.8. The second-order valence-electron chi connectivity index (χ2n) is 21.7. The summed E-state index contributed by atoms with van der Waals surface area (Å²) in [5.41, 5.74) is 0.0147. The van der Waals surface area contributed by atoms with E-state index in [0.717, 1.165) is 51.6 Å². The van der Waals surface area contributed by atoms with Crippen LogP contribution in [0.15, 0.2) is 0 Å². The van der Waals surface area contributed by atoms with E-state index in [-0.39, 0.29) is 22.9 Å². The SMILES string of the molecule is C[C@H]1CC[C@@]2(OC1)O[C@H]1C[C@H]3[C@@H]4CC[C@@H]5C[C@@H](O[C@@H]6O[C@H](CO)[C@H](O[C@@H]7O[C@H](CO)[C@@H](O)[C@H](O)[C@H]7O[C@@H]7O[C@H](CO)[C@@H](O)[C@H](O)[C@H]7O)[C@H](O)[C@H]6O)[C@@H](O)C[C@]5(C)[C@H]4CC[C@]3(C)[C@H]1[C@@H]2C. The van der Waals surface area contributed by atoms with Crippen LogP contribution in [-0.4, -0.2) is 199 Å². The Kier molecular flexibility index (Phi) is 13.7. The molecule has 4 saturated carbocycles. The van der Waals surface area contributed by atoms with E-state index in [1.54, 1.807) is 0 Å². The molecule has 0 aromatic rings. The summed E-state index contributed by atoms with van der Waals surface area (Å²) in [6, 6.07) is 0. The maximum Gasteiger partial charge on any atom is 0.187 e. The second kappa shape index (κ2) is 18.2. The van der Waals surface area contributed by atoms with Crippen molar-refractivity contribution in [2.75, 3.05) is 26.4 Å². The van der Waals surface area contributed by atoms with Crippen molar-refractivity contribution in [1.82, 2.24) is 0 Å². The monoisotopic (exact) mass is 918 g/mol. The Morgan fingerprint density at radius 3 is 1.86 bits per heavy atom. The lowest BCUT2D eigenvalue weighted by Gasteiger charge is -2.62. The minimum Gasteiger partial charge on any atom is -0.394 e. The zero-order valence-electron chi connectivity index (χ0n) is 37.3. The van der Waals surface area contributed by atoms with Gasteiger partial charge in [0.05, 0.1) is 44.7 Å². The Labute approximate surface area is 373 Å². The van der Waals surface area contributed by atoms with Gasteiger partial charge in [0.1, 0.15) is 73.2 Å². The molecular weight excluding hydrogens is 844 g/mol. The highest BCUT2D eigenvalue weighted by Gasteiger charge is 2.69. The van der Waals surface area contributed by atoms with Crippen molar-refractivity contribution in [2.45, 2.75) is 202 Å². The first kappa shape index (κ1) is 48.3. The Morgan fingerprint density at radius 2 is 1.19 bits per heavy atom. The number of fused-ring (bicyclic) bond motifs is 7. The van der Waals surface area contributed by atoms with Crippen LogP contribution in [0.2, 0.25) is 0 Å². The van der Waals surface area contributed by atoms with Crippen molar-refractivity contribution < 1.29 is 94.1 Å². The number of hydrogen-bond donors (Lipinski definition) is 11. The summed E-state index contributed by atoms with van der Waals surface area (Å²) in [6.07, 6.45) is -18.5. The molecule has 0 bridgehead atoms. The molecule has 11 N–H and O–H groups in total. The summed E-state index contributed by atoms with van der Waals surface area (Å²) < 4.78 is 48.7. The fraction of sp³-hybridized carbons (Fsp3) is 1.00. The van der Waals surface area contributed by atoms with Gasteiger partial charge in [-0.25, -0.2) is 0 Å². The first-order valence-electron chi connectivity index (χ1n) is 23.9. The number of rotatable bonds is 9. The van der Waals surface area contributed by atoms with E-state index in [1.807, 2.05) is 0 Å². The zero-order chi connectivity index (χ0) is 45.8. The van der Waals surface area contributed by atoms with Gasteiger partial charge in [-0.1, -0.05) is 27.7 Å². The molecule has 9 rings (SSSR count). The summed E-state index contributed by atoms with van der Waals surface area (Å²) in [5, 5.41) is 118. The fourth-order valence-corrected chi connectivity index (χ4v) is 14.7. The van der Waals surface area contributed by atoms with E-state index in [1.165, 1.54) is 0 Å². The fourth-order valence-electron chi connectivity index (χ4n) is 14.7. The Bertz CT molecular complexity index is 1600. The summed E-state index contributed by atoms with van der Waals surface area (Å²) in [4.78, 5) is 0. The van der Waals surface area contributed by atoms with Crippen LogP contribution in [0, 0.1) is 52.3 Å². The quantitative estimate of drug-likeness (QED) is 0.114. The van der Waals surface area contributed by atoms with Gasteiger partial charge < -0.3 is 94.1 Å². The number of ether oxygens (including phenoxy) is 8. The summed E-state index contributed by atoms with van der Waals surface area (Å²) >= 11 is 0. The molecular formula is C45H74O19. The normalized spacial score (nSPS) is 58.6. The third kappa shape index (κ3) is 7.85. The van der Waals surface area contributed by atoms with Gasteiger partial charge in [0.15, 0.2) is 24.7 Å². The topological polar surface area (TPSA) is 296 Å². The van der Waals surface area contributed by atoms with E-state index in [2.05, 4.69) is 27.7 Å². The van der Waals surface area contributed by atoms with Crippen LogP contribution in [0.25, 0.3) is 0 Å². The lowest BCUT2D eigenvalue weighted by atomic mass is 9.44. The standard InChI is InChI=1S/C45H74O19/c1-18-7-10-45(57-17-18)19(2)30-26(64-45)12-23-21-6-5-20-11-25(24(49)13-44(20,4)22(21)8-9-43(23,30)3)58-40-37(56)35(54)38(29(16-48)61-40)62-42-39(34(53)32(51)28(15-47)60-42)63-41-36(55)33(52)31(50)27(14-46)59-41/h18-42,46-56H,5-17H2,1-4H3/t18-,19-,20+,21+,22-,23-,24-,25+,26-,27+,28+,29+,30-,31+,32+,33-,34-,35+,36+,37+,38-,39+,40+,41-,42-,43-,44-,45+/m0/s1. The lowest BCUT2D eigenvalue weighted by molar-refractivity contribution is -0.391. The highest BCUT2D eigenvalue weighted by Crippen LogP contribution is 2.71. The second-order valence-corrected chi connectivity index (χ2v) is 21.7. The van der Waals surface area contributed by atoms with Gasteiger partial charge in [-0.15, -0.1) is 0 Å². The first-order chi connectivity index (χ1) is 30.4. The summed E-state index contributed by atoms with van der Waals surface area (Å²) in [7, 11) is 0. The largest absolute Gasteiger partial charge is 0.394 e. The van der Waals surface area contributed by atoms with Crippen LogP contribution in [-0.2, 0) is 37.9 Å². The Balaban J connectivity index is 0.848. The van der Waals surface area contributed by atoms with E-state index in [9.17, 15) is 56.2 Å². The Morgan fingerprint density at radius 1 is 0.578 bits per heavy atom. The van der Waals surface area contributed by atoms with Crippen LogP contribution in [0.5, 0.6) is 0 Å². The van der Waals surface area contributed by atoms with Crippen molar-refractivity contribution in [3.05, 3.63) is 0 Å². The molecule has 5 heterocycles. The van der Waals surface area contributed by atoms with Gasteiger partial charge in [0.25, 0.3) is 0 Å². The lowest BCUT2D eigenvalue weighted by Crippen LogP contribution is -2.67. The van der Waals surface area contributed by atoms with Crippen molar-refractivity contribution in [3.63, 3.8) is 0 Å². The van der Waals surface area contributed by atoms with Gasteiger partial charge in [0, 0.05) is 12.3 Å². The van der Waals surface area contributed by atoms with Crippen molar-refractivity contribution in [2.24, 2.45) is 52.3 Å². The zero-order valence-corrected chi connectivity index (χ0v) is 37.3. The number of aliphatic hydroxyl groups is 11. The van der Waals surface area contributed by atoms with E-state index in [0.29, 0.717) is 48.3 Å². The minimum atomic E-state index is -1.91. The third-order valence-corrected chi connectivity index (χ3v) is 18.3. The molecule has 19 nitrogen and oxygen atoms in total. The van der Waals surface area contributed by atoms with Crippen LogP contribution in [0.4, 0.5) is 0 Å². The molecule has 9 fully saturated rings. The Hall–Kier alpha value is -0.760. The van der Waals surface area contributed by atoms with Gasteiger partial charge in [-0.05, 0) is 97.7 Å². The molecule has 19 heteroatoms. The third-order valence-electron chi connectivity index (χ3n) is 18.3. The number of hydrogen-bond acceptors (Lipinski definition) is 19. The predicted octanol–water partition coefficient (Wildman–Crippen LogP) is -1.76. The molecule has 28 atom stereocenters. The van der Waals surface area contributed by atoms with E-state index < -0.39 is 130 Å². The van der Waals surface area contributed by atoms with Crippen molar-refractivity contribution >= 4 is 0 Å². The molecule has 5 aliphatic heterocycles. The molecule has 368 valence electrons. The summed E-state index contributed by atoms with van der Waals surface area (Å²) in [6.45, 7) is 7.85. The van der Waals surface area contributed by atoms with Crippen LogP contribution in [0.1, 0.15) is 85.5 Å². The molecule has 1 spiro atoms.